The molecule has 0 aliphatic heterocycles. The summed E-state index contributed by atoms with van der Waals surface area (Å²) in [6.07, 6.45) is 2.70. The summed E-state index contributed by atoms with van der Waals surface area (Å²) in [5.41, 5.74) is 3.46. The number of hydrogen-bond donors (Lipinski definition) is 0. The van der Waals surface area contributed by atoms with Gasteiger partial charge < -0.3 is 4.74 Å². The fourth-order valence-corrected chi connectivity index (χ4v) is 2.05. The lowest BCUT2D eigenvalue weighted by Gasteiger charge is -2.17. The van der Waals surface area contributed by atoms with E-state index >= 15 is 0 Å². The lowest BCUT2D eigenvalue weighted by molar-refractivity contribution is -0.134. The summed E-state index contributed by atoms with van der Waals surface area (Å²) >= 11 is 0. The molecule has 0 amide bonds. The molecule has 88 valence electrons. The number of aryl methyl sites for hydroxylation is 2. The lowest BCUT2D eigenvalue weighted by atomic mass is 9.86. The molecule has 1 aromatic rings. The van der Waals surface area contributed by atoms with Crippen LogP contribution >= 0.6 is 0 Å². The first-order valence-electron chi connectivity index (χ1n) is 5.54. The highest BCUT2D eigenvalue weighted by Gasteiger charge is 2.22. The van der Waals surface area contributed by atoms with Gasteiger partial charge in [0.25, 0.3) is 0 Å². The van der Waals surface area contributed by atoms with Gasteiger partial charge in [-0.1, -0.05) is 23.8 Å². The van der Waals surface area contributed by atoms with Crippen molar-refractivity contribution in [3.05, 3.63) is 46.5 Å². The van der Waals surface area contributed by atoms with E-state index in [4.69, 9.17) is 0 Å². The van der Waals surface area contributed by atoms with E-state index in [0.29, 0.717) is 17.6 Å². The Labute approximate surface area is 100 Å². The van der Waals surface area contributed by atoms with Crippen molar-refractivity contribution in [2.45, 2.75) is 19.8 Å². The minimum absolute atomic E-state index is 0.0587. The predicted molar refractivity (Wildman–Crippen MR) is 63.9 cm³/mol. The van der Waals surface area contributed by atoms with E-state index in [9.17, 15) is 9.59 Å². The first kappa shape index (κ1) is 11.6. The number of benzene rings is 1. The highest BCUT2D eigenvalue weighted by atomic mass is 16.5. The number of ether oxygens (including phenoxy) is 1. The smallest absolute Gasteiger partial charge is 0.330 e. The quantitative estimate of drug-likeness (QED) is 0.549. The van der Waals surface area contributed by atoms with Gasteiger partial charge in [-0.15, -0.1) is 0 Å². The number of fused-ring (bicyclic) bond motifs is 1. The third-order valence-electron chi connectivity index (χ3n) is 2.95. The number of rotatable bonds is 1. The molecule has 1 aromatic carbocycles. The number of esters is 1. The zero-order chi connectivity index (χ0) is 12.4. The van der Waals surface area contributed by atoms with E-state index in [0.717, 1.165) is 17.5 Å². The summed E-state index contributed by atoms with van der Waals surface area (Å²) in [5.74, 6) is -0.527. The summed E-state index contributed by atoms with van der Waals surface area (Å²) in [4.78, 5) is 23.2. The van der Waals surface area contributed by atoms with Crippen LogP contribution in [0.5, 0.6) is 0 Å². The third kappa shape index (κ3) is 2.28. The molecule has 0 spiro atoms. The normalized spacial score (nSPS) is 16.8. The molecule has 1 aliphatic carbocycles. The number of hydrogen-bond acceptors (Lipinski definition) is 3. The highest BCUT2D eigenvalue weighted by molar-refractivity contribution is 6.13. The van der Waals surface area contributed by atoms with Crippen LogP contribution in [-0.2, 0) is 16.0 Å². The standard InChI is InChI=1S/C14H14O3/c1-9-3-6-12-10(7-9)4-5-11(14(12)16)8-13(15)17-2/h3,6-8H,4-5H2,1-2H3/b11-8-. The maximum atomic E-state index is 12.1. The van der Waals surface area contributed by atoms with Gasteiger partial charge in [0.1, 0.15) is 0 Å². The van der Waals surface area contributed by atoms with E-state index in [2.05, 4.69) is 4.74 Å². The Morgan fingerprint density at radius 3 is 2.82 bits per heavy atom. The molecule has 0 radical (unpaired) electrons. The van der Waals surface area contributed by atoms with Crippen LogP contribution < -0.4 is 0 Å². The van der Waals surface area contributed by atoms with Gasteiger partial charge in [-0.25, -0.2) is 4.79 Å². The largest absolute Gasteiger partial charge is 0.466 e. The summed E-state index contributed by atoms with van der Waals surface area (Å²) in [7, 11) is 1.31. The molecule has 0 bridgehead atoms. The molecular weight excluding hydrogens is 216 g/mol. The lowest BCUT2D eigenvalue weighted by Crippen LogP contribution is -2.15. The Hall–Kier alpha value is -1.90. The molecule has 1 aliphatic rings. The molecule has 0 saturated heterocycles. The Morgan fingerprint density at radius 2 is 2.12 bits per heavy atom. The van der Waals surface area contributed by atoms with Crippen LogP contribution in [0.2, 0.25) is 0 Å². The van der Waals surface area contributed by atoms with Crippen molar-refractivity contribution in [3.63, 3.8) is 0 Å². The Balaban J connectivity index is 2.37. The molecule has 0 fully saturated rings. The topological polar surface area (TPSA) is 43.4 Å². The van der Waals surface area contributed by atoms with Crippen molar-refractivity contribution >= 4 is 11.8 Å². The van der Waals surface area contributed by atoms with Crippen LogP contribution in [0.25, 0.3) is 0 Å². The average Bonchev–Trinajstić information content (AvgIpc) is 2.32. The molecule has 17 heavy (non-hydrogen) atoms. The van der Waals surface area contributed by atoms with Crippen molar-refractivity contribution in [2.24, 2.45) is 0 Å². The monoisotopic (exact) mass is 230 g/mol. The van der Waals surface area contributed by atoms with Gasteiger partial charge in [0.05, 0.1) is 7.11 Å². The van der Waals surface area contributed by atoms with Gasteiger partial charge in [0.15, 0.2) is 5.78 Å². The van der Waals surface area contributed by atoms with Crippen LogP contribution in [0.1, 0.15) is 27.9 Å². The van der Waals surface area contributed by atoms with Gasteiger partial charge in [-0.3, -0.25) is 4.79 Å². The number of Topliss-reactive ketones (excluding diaryl/α,β-unsaturated/α-hetero) is 1. The van der Waals surface area contributed by atoms with Crippen molar-refractivity contribution in [1.82, 2.24) is 0 Å². The number of methoxy groups -OCH3 is 1. The predicted octanol–water partition coefficient (Wildman–Crippen LogP) is 2.22. The van der Waals surface area contributed by atoms with Gasteiger partial charge in [0.2, 0.25) is 0 Å². The van der Waals surface area contributed by atoms with Crippen LogP contribution in [0.15, 0.2) is 29.8 Å². The first-order valence-corrected chi connectivity index (χ1v) is 5.54. The summed E-state index contributed by atoms with van der Waals surface area (Å²) in [5, 5.41) is 0. The van der Waals surface area contributed by atoms with Crippen LogP contribution in [-0.4, -0.2) is 18.9 Å². The van der Waals surface area contributed by atoms with E-state index < -0.39 is 5.97 Å². The minimum atomic E-state index is -0.469. The zero-order valence-electron chi connectivity index (χ0n) is 9.95. The Bertz CT molecular complexity index is 512. The SMILES string of the molecule is COC(=O)/C=C1/CCc2cc(C)ccc2C1=O. The molecule has 0 N–H and O–H groups in total. The molecule has 3 heteroatoms. The Kier molecular flexibility index (Phi) is 3.09. The van der Waals surface area contributed by atoms with E-state index in [-0.39, 0.29) is 5.78 Å². The molecule has 3 nitrogen and oxygen atoms in total. The first-order chi connectivity index (χ1) is 8.11. The molecule has 0 heterocycles. The maximum absolute atomic E-state index is 12.1. The number of ketones is 1. The maximum Gasteiger partial charge on any atom is 0.330 e. The summed E-state index contributed by atoms with van der Waals surface area (Å²) < 4.78 is 4.54. The minimum Gasteiger partial charge on any atom is -0.466 e. The molecule has 2 rings (SSSR count). The summed E-state index contributed by atoms with van der Waals surface area (Å²) in [6, 6.07) is 5.78. The van der Waals surface area contributed by atoms with E-state index in [1.807, 2.05) is 25.1 Å². The highest BCUT2D eigenvalue weighted by Crippen LogP contribution is 2.25. The number of carbonyl (C=O) groups is 2. The number of allylic oxidation sites excluding steroid dienone is 1. The number of carbonyl (C=O) groups excluding carboxylic acids is 2. The fraction of sp³-hybridized carbons (Fsp3) is 0.286. The van der Waals surface area contributed by atoms with Crippen LogP contribution in [0.3, 0.4) is 0 Å². The zero-order valence-corrected chi connectivity index (χ0v) is 9.95. The van der Waals surface area contributed by atoms with Crippen LogP contribution in [0, 0.1) is 6.92 Å². The third-order valence-corrected chi connectivity index (χ3v) is 2.95. The Morgan fingerprint density at radius 1 is 1.35 bits per heavy atom. The second-order valence-electron chi connectivity index (χ2n) is 4.18. The second kappa shape index (κ2) is 4.53. The van der Waals surface area contributed by atoms with Gasteiger partial charge >= 0.3 is 5.97 Å². The van der Waals surface area contributed by atoms with Crippen molar-refractivity contribution in [1.29, 1.82) is 0 Å². The molecular formula is C14H14O3. The summed E-state index contributed by atoms with van der Waals surface area (Å²) in [6.45, 7) is 2.00. The van der Waals surface area contributed by atoms with Crippen molar-refractivity contribution in [3.8, 4) is 0 Å². The van der Waals surface area contributed by atoms with E-state index in [1.165, 1.54) is 13.2 Å². The van der Waals surface area contributed by atoms with Gasteiger partial charge in [-0.2, -0.15) is 0 Å². The van der Waals surface area contributed by atoms with Gasteiger partial charge in [-0.05, 0) is 25.3 Å². The fourth-order valence-electron chi connectivity index (χ4n) is 2.05. The molecule has 0 saturated carbocycles. The van der Waals surface area contributed by atoms with Gasteiger partial charge in [0, 0.05) is 17.2 Å². The van der Waals surface area contributed by atoms with Crippen molar-refractivity contribution < 1.29 is 14.3 Å². The molecule has 0 unspecified atom stereocenters. The van der Waals surface area contributed by atoms with Crippen LogP contribution in [0.4, 0.5) is 0 Å². The van der Waals surface area contributed by atoms with Crippen molar-refractivity contribution in [2.75, 3.05) is 7.11 Å². The second-order valence-corrected chi connectivity index (χ2v) is 4.18. The van der Waals surface area contributed by atoms with E-state index in [1.54, 1.807) is 0 Å². The average molecular weight is 230 g/mol. The molecule has 0 aromatic heterocycles. The molecule has 0 atom stereocenters.